The van der Waals surface area contributed by atoms with Crippen molar-refractivity contribution in [1.29, 1.82) is 0 Å². The van der Waals surface area contributed by atoms with Gasteiger partial charge in [-0.3, -0.25) is 4.79 Å². The van der Waals surface area contributed by atoms with Gasteiger partial charge >= 0.3 is 5.97 Å². The zero-order valence-electron chi connectivity index (χ0n) is 19.5. The maximum absolute atomic E-state index is 13.6. The lowest BCUT2D eigenvalue weighted by Crippen LogP contribution is -2.36. The van der Waals surface area contributed by atoms with Crippen LogP contribution in [0.2, 0.25) is 5.02 Å². The fourth-order valence-electron chi connectivity index (χ4n) is 4.85. The third-order valence-corrected chi connectivity index (χ3v) is 6.56. The number of carbonyl (C=O) groups excluding carboxylic acids is 2. The first kappa shape index (κ1) is 24.0. The predicted octanol–water partition coefficient (Wildman–Crippen LogP) is 4.90. The number of Topliss-reactive ketones (excluding diaryl/α,β-unsaturated/α-hetero) is 1. The lowest BCUT2D eigenvalue weighted by atomic mass is 9.71. The molecule has 0 amide bonds. The summed E-state index contributed by atoms with van der Waals surface area (Å²) in [6.07, 6.45) is 0.949. The summed E-state index contributed by atoms with van der Waals surface area (Å²) in [6.45, 7) is 2.26. The Morgan fingerprint density at radius 3 is 2.62 bits per heavy atom. The summed E-state index contributed by atoms with van der Waals surface area (Å²) in [5, 5.41) is 3.89. The molecule has 2 atom stereocenters. The van der Waals surface area contributed by atoms with Gasteiger partial charge < -0.3 is 19.5 Å². The minimum Gasteiger partial charge on any atom is -0.496 e. The lowest BCUT2D eigenvalue weighted by molar-refractivity contribution is -0.140. The molecule has 0 aromatic heterocycles. The van der Waals surface area contributed by atoms with E-state index in [0.29, 0.717) is 41.3 Å². The highest BCUT2D eigenvalue weighted by molar-refractivity contribution is 6.30. The summed E-state index contributed by atoms with van der Waals surface area (Å²) < 4.78 is 16.0. The smallest absolute Gasteiger partial charge is 0.336 e. The van der Waals surface area contributed by atoms with Crippen molar-refractivity contribution >= 4 is 23.4 Å². The Kier molecular flexibility index (Phi) is 7.39. The van der Waals surface area contributed by atoms with Gasteiger partial charge in [-0.2, -0.15) is 0 Å². The van der Waals surface area contributed by atoms with Gasteiger partial charge in [0.2, 0.25) is 0 Å². The average Bonchev–Trinajstić information content (AvgIpc) is 2.83. The first-order chi connectivity index (χ1) is 16.4. The van der Waals surface area contributed by atoms with Crippen LogP contribution < -0.4 is 10.1 Å². The van der Waals surface area contributed by atoms with Crippen molar-refractivity contribution in [3.63, 3.8) is 0 Å². The highest BCUT2D eigenvalue weighted by Gasteiger charge is 2.41. The molecule has 0 saturated heterocycles. The first-order valence-electron chi connectivity index (χ1n) is 11.2. The number of carbonyl (C=O) groups is 2. The minimum atomic E-state index is -0.559. The Balaban J connectivity index is 1.76. The Hall–Kier alpha value is -3.09. The highest BCUT2D eigenvalue weighted by atomic mass is 35.5. The summed E-state index contributed by atoms with van der Waals surface area (Å²) in [6, 6.07) is 15.1. The minimum absolute atomic E-state index is 0.00989. The Bertz CT molecular complexity index is 1170. The van der Waals surface area contributed by atoms with Gasteiger partial charge in [0, 0.05) is 47.4 Å². The predicted molar refractivity (Wildman–Crippen MR) is 130 cm³/mol. The van der Waals surface area contributed by atoms with Gasteiger partial charge in [0.05, 0.1) is 19.3 Å². The fourth-order valence-corrected chi connectivity index (χ4v) is 5.05. The molecule has 2 aliphatic rings. The molecule has 1 N–H and O–H groups in total. The molecule has 4 rings (SSSR count). The van der Waals surface area contributed by atoms with Crippen LogP contribution >= 0.6 is 11.6 Å². The number of allylic oxidation sites excluding steroid dienone is 3. The van der Waals surface area contributed by atoms with Crippen LogP contribution in [-0.2, 0) is 19.1 Å². The van der Waals surface area contributed by atoms with E-state index < -0.39 is 11.9 Å². The molecule has 6 nitrogen and oxygen atoms in total. The summed E-state index contributed by atoms with van der Waals surface area (Å²) in [7, 11) is 3.18. The van der Waals surface area contributed by atoms with Gasteiger partial charge in [0.15, 0.2) is 5.78 Å². The second kappa shape index (κ2) is 10.5. The largest absolute Gasteiger partial charge is 0.496 e. The molecule has 34 heavy (non-hydrogen) atoms. The molecule has 2 aromatic carbocycles. The number of ether oxygens (including phenoxy) is 3. The number of benzene rings is 2. The van der Waals surface area contributed by atoms with Gasteiger partial charge in [0.25, 0.3) is 0 Å². The third-order valence-electron chi connectivity index (χ3n) is 6.33. The molecule has 0 unspecified atom stereocenters. The van der Waals surface area contributed by atoms with Crippen molar-refractivity contribution in [2.24, 2.45) is 0 Å². The third kappa shape index (κ3) is 4.74. The summed E-state index contributed by atoms with van der Waals surface area (Å²) in [5.41, 5.74) is 4.28. The van der Waals surface area contributed by atoms with Gasteiger partial charge in [-0.05, 0) is 42.7 Å². The van der Waals surface area contributed by atoms with Gasteiger partial charge in [-0.15, -0.1) is 0 Å². The molecule has 0 saturated carbocycles. The topological polar surface area (TPSA) is 73.9 Å². The van der Waals surface area contributed by atoms with E-state index in [-0.39, 0.29) is 18.3 Å². The Morgan fingerprint density at radius 2 is 1.88 bits per heavy atom. The molecule has 0 spiro atoms. The zero-order chi connectivity index (χ0) is 24.2. The van der Waals surface area contributed by atoms with Crippen molar-refractivity contribution in [2.45, 2.75) is 31.6 Å². The summed E-state index contributed by atoms with van der Waals surface area (Å²) in [5.74, 6) is -0.308. The Morgan fingerprint density at radius 1 is 1.09 bits per heavy atom. The molecule has 7 heteroatoms. The van der Waals surface area contributed by atoms with Crippen LogP contribution in [0.15, 0.2) is 71.1 Å². The number of ketones is 1. The van der Waals surface area contributed by atoms with E-state index in [1.165, 1.54) is 0 Å². The van der Waals surface area contributed by atoms with E-state index in [4.69, 9.17) is 25.8 Å². The van der Waals surface area contributed by atoms with E-state index in [9.17, 15) is 9.59 Å². The number of dihydropyridines is 1. The average molecular weight is 482 g/mol. The zero-order valence-corrected chi connectivity index (χ0v) is 20.3. The number of halogens is 1. The summed E-state index contributed by atoms with van der Waals surface area (Å²) in [4.78, 5) is 26.8. The number of hydrogen-bond donors (Lipinski definition) is 1. The molecule has 0 radical (unpaired) electrons. The lowest BCUT2D eigenvalue weighted by Gasteiger charge is -2.37. The second-order valence-electron chi connectivity index (χ2n) is 8.44. The molecule has 0 fully saturated rings. The number of methoxy groups -OCH3 is 2. The van der Waals surface area contributed by atoms with E-state index in [2.05, 4.69) is 5.32 Å². The van der Waals surface area contributed by atoms with E-state index in [1.54, 1.807) is 26.4 Å². The van der Waals surface area contributed by atoms with Crippen LogP contribution in [0.3, 0.4) is 0 Å². The first-order valence-corrected chi connectivity index (χ1v) is 11.6. The number of para-hydroxylation sites is 1. The number of hydrogen-bond acceptors (Lipinski definition) is 6. The molecule has 1 heterocycles. The summed E-state index contributed by atoms with van der Waals surface area (Å²) >= 11 is 6.30. The molecular formula is C27H28ClNO5. The molecule has 178 valence electrons. The van der Waals surface area contributed by atoms with Crippen LogP contribution in [0, 0.1) is 0 Å². The number of nitrogens with one attached hydrogen (secondary N) is 1. The molecule has 2 aromatic rings. The van der Waals surface area contributed by atoms with Gasteiger partial charge in [-0.1, -0.05) is 41.9 Å². The van der Waals surface area contributed by atoms with E-state index >= 15 is 0 Å². The second-order valence-corrected chi connectivity index (χ2v) is 8.88. The normalized spacial score (nSPS) is 20.1. The van der Waals surface area contributed by atoms with Gasteiger partial charge in [0.1, 0.15) is 12.4 Å². The maximum atomic E-state index is 13.6. The highest BCUT2D eigenvalue weighted by Crippen LogP contribution is 2.47. The van der Waals surface area contributed by atoms with Crippen molar-refractivity contribution < 1.29 is 23.8 Å². The van der Waals surface area contributed by atoms with Gasteiger partial charge in [-0.25, -0.2) is 4.79 Å². The fraction of sp³-hybridized carbons (Fsp3) is 0.333. The SMILES string of the molecule is COCCOC(=O)C1=C(C)NC2=C(C(=O)C[C@H](c3ccccc3OC)C2)[C@@H]1c1cccc(Cl)c1. The van der Waals surface area contributed by atoms with Crippen LogP contribution in [0.1, 0.15) is 42.7 Å². The quantitative estimate of drug-likeness (QED) is 0.448. The van der Waals surface area contributed by atoms with E-state index in [1.807, 2.05) is 43.3 Å². The van der Waals surface area contributed by atoms with E-state index in [0.717, 1.165) is 22.6 Å². The molecule has 1 aliphatic heterocycles. The maximum Gasteiger partial charge on any atom is 0.336 e. The monoisotopic (exact) mass is 481 g/mol. The van der Waals surface area contributed by atoms with Crippen LogP contribution in [0.4, 0.5) is 0 Å². The van der Waals surface area contributed by atoms with Crippen molar-refractivity contribution in [3.05, 3.63) is 87.2 Å². The number of rotatable bonds is 7. The standard InChI is InChI=1S/C27H28ClNO5/c1-16-24(27(31)34-12-11-32-2)25(17-7-6-8-19(28)13-17)26-21(29-16)14-18(15-22(26)30)20-9-4-5-10-23(20)33-3/h4-10,13,18,25,29H,11-12,14-15H2,1-3H3/t18-,25-/m1/s1. The van der Waals surface area contributed by atoms with Crippen LogP contribution in [0.5, 0.6) is 5.75 Å². The van der Waals surface area contributed by atoms with Crippen LogP contribution in [-0.4, -0.2) is 39.2 Å². The molecular weight excluding hydrogens is 454 g/mol. The Labute approximate surface area is 204 Å². The molecule has 0 bridgehead atoms. The van der Waals surface area contributed by atoms with Crippen LogP contribution in [0.25, 0.3) is 0 Å². The number of esters is 1. The van der Waals surface area contributed by atoms with Crippen molar-refractivity contribution in [2.75, 3.05) is 27.4 Å². The van der Waals surface area contributed by atoms with Crippen molar-refractivity contribution in [3.8, 4) is 5.75 Å². The molecule has 1 aliphatic carbocycles. The van der Waals surface area contributed by atoms with Crippen molar-refractivity contribution in [1.82, 2.24) is 5.32 Å².